The highest BCUT2D eigenvalue weighted by atomic mass is 16.5. The molecular weight excluding hydrogens is 192 g/mol. The fourth-order valence-corrected chi connectivity index (χ4v) is 1.86. The van der Waals surface area contributed by atoms with Gasteiger partial charge >= 0.3 is 6.01 Å². The van der Waals surface area contributed by atoms with Gasteiger partial charge in [0.15, 0.2) is 5.82 Å². The molecule has 1 fully saturated rings. The molecule has 84 valence electrons. The Kier molecular flexibility index (Phi) is 2.90. The van der Waals surface area contributed by atoms with Crippen molar-refractivity contribution in [2.24, 2.45) is 5.41 Å². The van der Waals surface area contributed by atoms with Gasteiger partial charge in [-0.15, -0.1) is 0 Å². The zero-order valence-corrected chi connectivity index (χ0v) is 9.34. The molecule has 0 atom stereocenters. The molecule has 0 radical (unpaired) electrons. The SMILES string of the molecule is Cc1noc(NCC2(C)CCNCC2)n1. The van der Waals surface area contributed by atoms with Gasteiger partial charge in [-0.3, -0.25) is 0 Å². The second-order valence-electron chi connectivity index (χ2n) is 4.56. The number of rotatable bonds is 3. The summed E-state index contributed by atoms with van der Waals surface area (Å²) in [7, 11) is 0. The van der Waals surface area contributed by atoms with E-state index in [-0.39, 0.29) is 0 Å². The lowest BCUT2D eigenvalue weighted by Crippen LogP contribution is -2.39. The van der Waals surface area contributed by atoms with Crippen LogP contribution in [0.5, 0.6) is 0 Å². The van der Waals surface area contributed by atoms with E-state index < -0.39 is 0 Å². The molecule has 2 heterocycles. The predicted molar refractivity (Wildman–Crippen MR) is 57.7 cm³/mol. The van der Waals surface area contributed by atoms with Gasteiger partial charge in [0, 0.05) is 6.54 Å². The maximum atomic E-state index is 5.01. The van der Waals surface area contributed by atoms with Crippen LogP contribution in [0, 0.1) is 12.3 Å². The van der Waals surface area contributed by atoms with Crippen LogP contribution in [0.15, 0.2) is 4.52 Å². The molecule has 0 saturated carbocycles. The summed E-state index contributed by atoms with van der Waals surface area (Å²) in [6, 6.07) is 0.534. The first-order valence-electron chi connectivity index (χ1n) is 5.43. The summed E-state index contributed by atoms with van der Waals surface area (Å²) in [4.78, 5) is 4.12. The van der Waals surface area contributed by atoms with Gasteiger partial charge in [0.05, 0.1) is 0 Å². The normalized spacial score (nSPS) is 20.1. The van der Waals surface area contributed by atoms with Gasteiger partial charge in [0.1, 0.15) is 0 Å². The molecule has 15 heavy (non-hydrogen) atoms. The quantitative estimate of drug-likeness (QED) is 0.784. The van der Waals surface area contributed by atoms with Crippen LogP contribution in [0.1, 0.15) is 25.6 Å². The molecule has 0 aromatic carbocycles. The van der Waals surface area contributed by atoms with Crippen molar-refractivity contribution >= 4 is 6.01 Å². The van der Waals surface area contributed by atoms with Crippen molar-refractivity contribution in [2.75, 3.05) is 25.0 Å². The molecule has 5 nitrogen and oxygen atoms in total. The standard InChI is InChI=1S/C10H18N4O/c1-8-13-9(15-14-8)12-7-10(2)3-5-11-6-4-10/h11H,3-7H2,1-2H3,(H,12,13,14). The number of aromatic nitrogens is 2. The molecule has 1 aromatic rings. The molecule has 0 unspecified atom stereocenters. The first-order chi connectivity index (χ1) is 7.18. The molecule has 0 amide bonds. The first-order valence-corrected chi connectivity index (χ1v) is 5.43. The first kappa shape index (κ1) is 10.4. The summed E-state index contributed by atoms with van der Waals surface area (Å²) in [6.45, 7) is 7.21. The third-order valence-electron chi connectivity index (χ3n) is 3.00. The lowest BCUT2D eigenvalue weighted by atomic mass is 9.81. The fraction of sp³-hybridized carbons (Fsp3) is 0.800. The summed E-state index contributed by atoms with van der Waals surface area (Å²) >= 11 is 0. The van der Waals surface area contributed by atoms with Gasteiger partial charge < -0.3 is 15.2 Å². The second kappa shape index (κ2) is 4.18. The van der Waals surface area contributed by atoms with E-state index in [0.717, 1.165) is 19.6 Å². The summed E-state index contributed by atoms with van der Waals surface area (Å²) in [5.74, 6) is 0.674. The lowest BCUT2D eigenvalue weighted by Gasteiger charge is -2.33. The minimum absolute atomic E-state index is 0.341. The number of anilines is 1. The minimum Gasteiger partial charge on any atom is -0.337 e. The zero-order chi connectivity index (χ0) is 10.7. The number of hydrogen-bond donors (Lipinski definition) is 2. The molecule has 1 aliphatic heterocycles. The van der Waals surface area contributed by atoms with E-state index in [0.29, 0.717) is 17.3 Å². The van der Waals surface area contributed by atoms with Crippen LogP contribution in [-0.2, 0) is 0 Å². The second-order valence-corrected chi connectivity index (χ2v) is 4.56. The fourth-order valence-electron chi connectivity index (χ4n) is 1.86. The van der Waals surface area contributed by atoms with E-state index in [9.17, 15) is 0 Å². The third-order valence-corrected chi connectivity index (χ3v) is 3.00. The number of aryl methyl sites for hydroxylation is 1. The molecule has 1 aromatic heterocycles. The molecule has 2 rings (SSSR count). The van der Waals surface area contributed by atoms with Gasteiger partial charge in [-0.25, -0.2) is 0 Å². The molecule has 0 bridgehead atoms. The highest BCUT2D eigenvalue weighted by molar-refractivity contribution is 5.18. The van der Waals surface area contributed by atoms with Gasteiger partial charge in [0.25, 0.3) is 0 Å². The molecule has 0 spiro atoms. The predicted octanol–water partition coefficient (Wildman–Crippen LogP) is 1.18. The zero-order valence-electron chi connectivity index (χ0n) is 9.34. The average molecular weight is 210 g/mol. The van der Waals surface area contributed by atoms with Crippen LogP contribution < -0.4 is 10.6 Å². The van der Waals surface area contributed by atoms with E-state index in [2.05, 4.69) is 27.7 Å². The van der Waals surface area contributed by atoms with E-state index in [4.69, 9.17) is 4.52 Å². The lowest BCUT2D eigenvalue weighted by molar-refractivity contribution is 0.244. The summed E-state index contributed by atoms with van der Waals surface area (Å²) in [5.41, 5.74) is 0.341. The van der Waals surface area contributed by atoms with Crippen molar-refractivity contribution in [1.29, 1.82) is 0 Å². The monoisotopic (exact) mass is 210 g/mol. The molecule has 1 saturated heterocycles. The van der Waals surface area contributed by atoms with Crippen LogP contribution in [0.4, 0.5) is 6.01 Å². The average Bonchev–Trinajstić information content (AvgIpc) is 2.63. The Balaban J connectivity index is 1.86. The summed E-state index contributed by atoms with van der Waals surface area (Å²) < 4.78 is 5.01. The van der Waals surface area contributed by atoms with Gasteiger partial charge in [-0.2, -0.15) is 4.98 Å². The maximum absolute atomic E-state index is 5.01. The summed E-state index contributed by atoms with van der Waals surface area (Å²) in [6.07, 6.45) is 2.38. The van der Waals surface area contributed by atoms with Crippen LogP contribution >= 0.6 is 0 Å². The van der Waals surface area contributed by atoms with Crippen LogP contribution in [0.3, 0.4) is 0 Å². The Hall–Kier alpha value is -1.10. The number of nitrogens with zero attached hydrogens (tertiary/aromatic N) is 2. The van der Waals surface area contributed by atoms with Crippen LogP contribution in [0.2, 0.25) is 0 Å². The number of hydrogen-bond acceptors (Lipinski definition) is 5. The van der Waals surface area contributed by atoms with E-state index in [1.807, 2.05) is 6.92 Å². The highest BCUT2D eigenvalue weighted by Gasteiger charge is 2.26. The Labute approximate surface area is 89.6 Å². The number of piperidine rings is 1. The topological polar surface area (TPSA) is 63.0 Å². The minimum atomic E-state index is 0.341. The van der Waals surface area contributed by atoms with E-state index in [1.165, 1.54) is 12.8 Å². The molecule has 0 aliphatic carbocycles. The van der Waals surface area contributed by atoms with Crippen molar-refractivity contribution in [3.05, 3.63) is 5.82 Å². The van der Waals surface area contributed by atoms with Gasteiger partial charge in [-0.05, 0) is 38.3 Å². The smallest absolute Gasteiger partial charge is 0.321 e. The van der Waals surface area contributed by atoms with Crippen molar-refractivity contribution in [1.82, 2.24) is 15.5 Å². The Bertz CT molecular complexity index is 317. The van der Waals surface area contributed by atoms with Crippen LogP contribution in [0.25, 0.3) is 0 Å². The third kappa shape index (κ3) is 2.68. The largest absolute Gasteiger partial charge is 0.337 e. The maximum Gasteiger partial charge on any atom is 0.321 e. The van der Waals surface area contributed by atoms with Crippen molar-refractivity contribution in [2.45, 2.75) is 26.7 Å². The van der Waals surface area contributed by atoms with E-state index in [1.54, 1.807) is 0 Å². The van der Waals surface area contributed by atoms with Crippen molar-refractivity contribution < 1.29 is 4.52 Å². The van der Waals surface area contributed by atoms with Crippen molar-refractivity contribution in [3.8, 4) is 0 Å². The van der Waals surface area contributed by atoms with E-state index >= 15 is 0 Å². The molecule has 2 N–H and O–H groups in total. The Morgan fingerprint density at radius 2 is 2.20 bits per heavy atom. The van der Waals surface area contributed by atoms with Gasteiger partial charge in [0.2, 0.25) is 0 Å². The molecule has 1 aliphatic rings. The Morgan fingerprint density at radius 3 is 2.80 bits per heavy atom. The van der Waals surface area contributed by atoms with Gasteiger partial charge in [-0.1, -0.05) is 12.1 Å². The summed E-state index contributed by atoms with van der Waals surface area (Å²) in [5, 5.41) is 10.3. The molecular formula is C10H18N4O. The highest BCUT2D eigenvalue weighted by Crippen LogP contribution is 2.27. The van der Waals surface area contributed by atoms with Crippen molar-refractivity contribution in [3.63, 3.8) is 0 Å². The molecule has 5 heteroatoms. The van der Waals surface area contributed by atoms with Crippen LogP contribution in [-0.4, -0.2) is 29.8 Å². The Morgan fingerprint density at radius 1 is 1.47 bits per heavy atom. The number of nitrogens with one attached hydrogen (secondary N) is 2.